The summed E-state index contributed by atoms with van der Waals surface area (Å²) in [5.74, 6) is -0.139. The second-order valence-corrected chi connectivity index (χ2v) is 5.62. The van der Waals surface area contributed by atoms with E-state index in [1.54, 1.807) is 18.2 Å². The highest BCUT2D eigenvalue weighted by molar-refractivity contribution is 9.10. The summed E-state index contributed by atoms with van der Waals surface area (Å²) in [6.07, 6.45) is 0. The van der Waals surface area contributed by atoms with Gasteiger partial charge in [0.25, 0.3) is 0 Å². The average molecular weight is 385 g/mol. The number of carbonyl (C=O) groups is 1. The van der Waals surface area contributed by atoms with Crippen LogP contribution in [0, 0.1) is 6.92 Å². The number of aryl methyl sites for hydroxylation is 1. The zero-order valence-electron chi connectivity index (χ0n) is 12.3. The van der Waals surface area contributed by atoms with E-state index in [-0.39, 0.29) is 18.2 Å². The summed E-state index contributed by atoms with van der Waals surface area (Å²) in [6.45, 7) is -0.862. The lowest BCUT2D eigenvalue weighted by molar-refractivity contribution is -0.114. The molecule has 0 saturated carbocycles. The molecule has 0 aliphatic carbocycles. The third-order valence-electron chi connectivity index (χ3n) is 2.97. The van der Waals surface area contributed by atoms with Crippen molar-refractivity contribution in [1.29, 1.82) is 0 Å². The molecule has 0 aliphatic heterocycles. The third kappa shape index (κ3) is 5.52. The Hall–Kier alpha value is -2.15. The molecule has 122 valence electrons. The van der Waals surface area contributed by atoms with Crippen molar-refractivity contribution in [3.8, 4) is 5.75 Å². The Labute approximate surface area is 141 Å². The molecule has 2 rings (SSSR count). The molecular formula is C16H15BrF2N2O2. The number of carbonyl (C=O) groups excluding carboxylic acids is 1. The number of hydrogen-bond acceptors (Lipinski definition) is 3. The van der Waals surface area contributed by atoms with Gasteiger partial charge in [-0.1, -0.05) is 15.9 Å². The van der Waals surface area contributed by atoms with Crippen molar-refractivity contribution in [3.63, 3.8) is 0 Å². The Morgan fingerprint density at radius 2 is 1.83 bits per heavy atom. The first-order chi connectivity index (χ1) is 10.9. The van der Waals surface area contributed by atoms with Crippen molar-refractivity contribution in [3.05, 3.63) is 52.5 Å². The fourth-order valence-electron chi connectivity index (χ4n) is 1.86. The summed E-state index contributed by atoms with van der Waals surface area (Å²) < 4.78 is 29.3. The molecule has 0 aliphatic rings. The van der Waals surface area contributed by atoms with Gasteiger partial charge in [0, 0.05) is 15.8 Å². The molecule has 0 heterocycles. The maximum Gasteiger partial charge on any atom is 0.387 e. The van der Waals surface area contributed by atoms with E-state index >= 15 is 0 Å². The molecule has 0 bridgehead atoms. The maximum absolute atomic E-state index is 12.0. The molecule has 0 aromatic heterocycles. The highest BCUT2D eigenvalue weighted by atomic mass is 79.9. The van der Waals surface area contributed by atoms with E-state index in [1.807, 2.05) is 19.1 Å². The SMILES string of the molecule is Cc1cc(NC(=O)CNc2ccc(OC(F)F)cc2)ccc1Br. The van der Waals surface area contributed by atoms with E-state index in [0.29, 0.717) is 11.4 Å². The topological polar surface area (TPSA) is 50.4 Å². The summed E-state index contributed by atoms with van der Waals surface area (Å²) in [6, 6.07) is 11.5. The molecule has 0 unspecified atom stereocenters. The number of nitrogens with one attached hydrogen (secondary N) is 2. The summed E-state index contributed by atoms with van der Waals surface area (Å²) in [5, 5.41) is 5.68. The second-order valence-electron chi connectivity index (χ2n) is 4.77. The molecule has 2 aromatic rings. The molecule has 2 N–H and O–H groups in total. The maximum atomic E-state index is 12.0. The number of ether oxygens (including phenoxy) is 1. The lowest BCUT2D eigenvalue weighted by atomic mass is 10.2. The summed E-state index contributed by atoms with van der Waals surface area (Å²) in [7, 11) is 0. The highest BCUT2D eigenvalue weighted by Gasteiger charge is 2.06. The standard InChI is InChI=1S/C16H15BrF2N2O2/c1-10-8-12(4-7-14(10)17)21-15(22)9-20-11-2-5-13(6-3-11)23-16(18)19/h2-8,16,20H,9H2,1H3,(H,21,22). The molecule has 1 amide bonds. The Bertz CT molecular complexity index is 678. The minimum Gasteiger partial charge on any atom is -0.435 e. The predicted octanol–water partition coefficient (Wildman–Crippen LogP) is 4.41. The van der Waals surface area contributed by atoms with Gasteiger partial charge >= 0.3 is 6.61 Å². The van der Waals surface area contributed by atoms with Crippen LogP contribution in [0.3, 0.4) is 0 Å². The Kier molecular flexibility index (Phi) is 5.92. The van der Waals surface area contributed by atoms with Crippen molar-refractivity contribution in [2.75, 3.05) is 17.2 Å². The number of rotatable bonds is 6. The molecule has 0 radical (unpaired) electrons. The lowest BCUT2D eigenvalue weighted by Crippen LogP contribution is -2.21. The molecule has 2 aromatic carbocycles. The smallest absolute Gasteiger partial charge is 0.387 e. The fraction of sp³-hybridized carbons (Fsp3) is 0.188. The van der Waals surface area contributed by atoms with E-state index in [4.69, 9.17) is 0 Å². The van der Waals surface area contributed by atoms with E-state index in [2.05, 4.69) is 31.3 Å². The third-order valence-corrected chi connectivity index (χ3v) is 3.86. The zero-order valence-corrected chi connectivity index (χ0v) is 13.9. The number of hydrogen-bond donors (Lipinski definition) is 2. The Morgan fingerprint density at radius 3 is 2.43 bits per heavy atom. The van der Waals surface area contributed by atoms with Crippen LogP contribution in [0.5, 0.6) is 5.75 Å². The van der Waals surface area contributed by atoms with Crippen LogP contribution >= 0.6 is 15.9 Å². The van der Waals surface area contributed by atoms with Gasteiger partial charge < -0.3 is 15.4 Å². The summed E-state index contributed by atoms with van der Waals surface area (Å²) >= 11 is 3.40. The van der Waals surface area contributed by atoms with Gasteiger partial charge in [-0.05, 0) is 55.0 Å². The average Bonchev–Trinajstić information content (AvgIpc) is 2.50. The van der Waals surface area contributed by atoms with Gasteiger partial charge in [-0.15, -0.1) is 0 Å². The van der Waals surface area contributed by atoms with Crippen LogP contribution in [-0.2, 0) is 4.79 Å². The second kappa shape index (κ2) is 7.92. The van der Waals surface area contributed by atoms with Crippen LogP contribution in [0.25, 0.3) is 0 Å². The van der Waals surface area contributed by atoms with Crippen LogP contribution in [0.1, 0.15) is 5.56 Å². The first kappa shape index (κ1) is 17.2. The summed E-state index contributed by atoms with van der Waals surface area (Å²) in [5.41, 5.74) is 2.36. The number of amides is 1. The minimum atomic E-state index is -2.85. The molecule has 0 fully saturated rings. The van der Waals surface area contributed by atoms with Crippen molar-refractivity contribution < 1.29 is 18.3 Å². The van der Waals surface area contributed by atoms with E-state index in [0.717, 1.165) is 10.0 Å². The lowest BCUT2D eigenvalue weighted by Gasteiger charge is -2.10. The van der Waals surface area contributed by atoms with Crippen LogP contribution in [0.4, 0.5) is 20.2 Å². The van der Waals surface area contributed by atoms with E-state index < -0.39 is 6.61 Å². The number of anilines is 2. The number of alkyl halides is 2. The Balaban J connectivity index is 1.85. The molecular weight excluding hydrogens is 370 g/mol. The molecule has 0 saturated heterocycles. The Morgan fingerprint density at radius 1 is 1.17 bits per heavy atom. The predicted molar refractivity (Wildman–Crippen MR) is 89.1 cm³/mol. The minimum absolute atomic E-state index is 0.0597. The zero-order chi connectivity index (χ0) is 16.8. The van der Waals surface area contributed by atoms with Crippen molar-refractivity contribution in [2.45, 2.75) is 13.5 Å². The van der Waals surface area contributed by atoms with Crippen LogP contribution in [-0.4, -0.2) is 19.1 Å². The molecule has 23 heavy (non-hydrogen) atoms. The van der Waals surface area contributed by atoms with Gasteiger partial charge in [-0.25, -0.2) is 0 Å². The van der Waals surface area contributed by atoms with Gasteiger partial charge in [-0.2, -0.15) is 8.78 Å². The summed E-state index contributed by atoms with van der Waals surface area (Å²) in [4.78, 5) is 11.9. The van der Waals surface area contributed by atoms with Gasteiger partial charge in [0.05, 0.1) is 6.54 Å². The van der Waals surface area contributed by atoms with Crippen molar-refractivity contribution in [1.82, 2.24) is 0 Å². The first-order valence-corrected chi connectivity index (χ1v) is 7.58. The van der Waals surface area contributed by atoms with Crippen LogP contribution in [0.2, 0.25) is 0 Å². The van der Waals surface area contributed by atoms with E-state index in [9.17, 15) is 13.6 Å². The van der Waals surface area contributed by atoms with Crippen LogP contribution in [0.15, 0.2) is 46.9 Å². The van der Waals surface area contributed by atoms with Gasteiger partial charge in [-0.3, -0.25) is 4.79 Å². The van der Waals surface area contributed by atoms with Gasteiger partial charge in [0.1, 0.15) is 5.75 Å². The number of halogens is 3. The molecule has 7 heteroatoms. The van der Waals surface area contributed by atoms with Crippen molar-refractivity contribution in [2.24, 2.45) is 0 Å². The number of benzene rings is 2. The van der Waals surface area contributed by atoms with Gasteiger partial charge in [0.2, 0.25) is 5.91 Å². The highest BCUT2D eigenvalue weighted by Crippen LogP contribution is 2.20. The molecule has 0 spiro atoms. The fourth-order valence-corrected chi connectivity index (χ4v) is 2.11. The van der Waals surface area contributed by atoms with E-state index in [1.165, 1.54) is 12.1 Å². The van der Waals surface area contributed by atoms with Gasteiger partial charge in [0.15, 0.2) is 0 Å². The van der Waals surface area contributed by atoms with Crippen LogP contribution < -0.4 is 15.4 Å². The first-order valence-electron chi connectivity index (χ1n) is 6.79. The molecule has 0 atom stereocenters. The normalized spacial score (nSPS) is 10.5. The molecule has 4 nitrogen and oxygen atoms in total. The van der Waals surface area contributed by atoms with Crippen molar-refractivity contribution >= 4 is 33.2 Å². The largest absolute Gasteiger partial charge is 0.435 e. The quantitative estimate of drug-likeness (QED) is 0.775. The monoisotopic (exact) mass is 384 g/mol.